The Bertz CT molecular complexity index is 612. The molecule has 1 amide bonds. The molecular weight excluding hydrogens is 286 g/mol. The van der Waals surface area contributed by atoms with E-state index in [-0.39, 0.29) is 30.8 Å². The zero-order valence-electron chi connectivity index (χ0n) is 12.1. The minimum atomic E-state index is -1.16. The van der Waals surface area contributed by atoms with Crippen LogP contribution in [0.2, 0.25) is 0 Å². The Hall–Kier alpha value is -2.21. The zero-order chi connectivity index (χ0) is 15.9. The van der Waals surface area contributed by atoms with Gasteiger partial charge < -0.3 is 14.7 Å². The lowest BCUT2D eigenvalue weighted by atomic mass is 9.84. The van der Waals surface area contributed by atoms with Crippen molar-refractivity contribution in [1.82, 2.24) is 4.90 Å². The summed E-state index contributed by atoms with van der Waals surface area (Å²) in [6.07, 6.45) is -0.715. The minimum absolute atomic E-state index is 0.0655. The second-order valence-electron chi connectivity index (χ2n) is 5.75. The van der Waals surface area contributed by atoms with Crippen LogP contribution < -0.4 is 0 Å². The lowest BCUT2D eigenvalue weighted by molar-refractivity contribution is -0.172. The van der Waals surface area contributed by atoms with Gasteiger partial charge in [0.15, 0.2) is 11.8 Å². The van der Waals surface area contributed by atoms with Gasteiger partial charge >= 0.3 is 5.97 Å². The Morgan fingerprint density at radius 1 is 1.36 bits per heavy atom. The number of rotatable bonds is 4. The molecule has 4 unspecified atom stereocenters. The van der Waals surface area contributed by atoms with Crippen molar-refractivity contribution in [3.05, 3.63) is 35.9 Å². The van der Waals surface area contributed by atoms with Gasteiger partial charge in [-0.1, -0.05) is 30.3 Å². The van der Waals surface area contributed by atoms with Crippen molar-refractivity contribution in [2.24, 2.45) is 5.92 Å². The number of Topliss-reactive ketones (excluding diaryl/α,β-unsaturated/α-hetero) is 1. The van der Waals surface area contributed by atoms with E-state index in [1.165, 1.54) is 11.8 Å². The van der Waals surface area contributed by atoms with Crippen LogP contribution in [0, 0.1) is 5.92 Å². The highest BCUT2D eigenvalue weighted by Crippen LogP contribution is 2.39. The molecule has 1 aromatic rings. The molecule has 6 heteroatoms. The number of esters is 1. The number of carbonyl (C=O) groups is 3. The van der Waals surface area contributed by atoms with E-state index in [1.54, 1.807) is 0 Å². The third-order valence-corrected chi connectivity index (χ3v) is 4.27. The van der Waals surface area contributed by atoms with Crippen LogP contribution in [0.5, 0.6) is 0 Å². The van der Waals surface area contributed by atoms with Gasteiger partial charge in [0.1, 0.15) is 6.61 Å². The molecule has 2 aliphatic heterocycles. The highest BCUT2D eigenvalue weighted by Gasteiger charge is 2.61. The molecule has 0 saturated carbocycles. The van der Waals surface area contributed by atoms with E-state index in [2.05, 4.69) is 0 Å². The molecule has 1 N–H and O–H groups in total. The Morgan fingerprint density at radius 3 is 2.68 bits per heavy atom. The largest absolute Gasteiger partial charge is 0.459 e. The van der Waals surface area contributed by atoms with Crippen LogP contribution >= 0.6 is 0 Å². The summed E-state index contributed by atoms with van der Waals surface area (Å²) in [5.41, 5.74) is 0.814. The van der Waals surface area contributed by atoms with Crippen molar-refractivity contribution in [2.45, 2.75) is 38.1 Å². The number of hydrogen-bond acceptors (Lipinski definition) is 5. The van der Waals surface area contributed by atoms with Gasteiger partial charge in [-0.25, -0.2) is 4.79 Å². The maximum atomic E-state index is 12.1. The predicted molar refractivity (Wildman–Crippen MR) is 75.5 cm³/mol. The predicted octanol–water partition coefficient (Wildman–Crippen LogP) is 0.279. The number of hydrogen-bond donors (Lipinski definition) is 1. The molecule has 1 aromatic carbocycles. The van der Waals surface area contributed by atoms with Crippen molar-refractivity contribution in [3.8, 4) is 0 Å². The molecule has 2 fully saturated rings. The maximum Gasteiger partial charge on any atom is 0.337 e. The second-order valence-corrected chi connectivity index (χ2v) is 5.75. The summed E-state index contributed by atoms with van der Waals surface area (Å²) in [5.74, 6) is -1.96. The summed E-state index contributed by atoms with van der Waals surface area (Å²) in [6.45, 7) is 1.58. The topological polar surface area (TPSA) is 83.9 Å². The van der Waals surface area contributed by atoms with Gasteiger partial charge in [-0.2, -0.15) is 0 Å². The number of fused-ring (bicyclic) bond motifs is 1. The fraction of sp³-hybridized carbons (Fsp3) is 0.438. The van der Waals surface area contributed by atoms with Gasteiger partial charge in [0, 0.05) is 6.42 Å². The third kappa shape index (κ3) is 2.29. The van der Waals surface area contributed by atoms with Crippen LogP contribution in [-0.4, -0.2) is 45.9 Å². The number of benzene rings is 1. The summed E-state index contributed by atoms with van der Waals surface area (Å²) in [7, 11) is 0. The number of aliphatic hydroxyl groups is 1. The fourth-order valence-corrected chi connectivity index (χ4v) is 3.19. The summed E-state index contributed by atoms with van der Waals surface area (Å²) in [5, 5.41) is 9.58. The Balaban J connectivity index is 1.66. The zero-order valence-corrected chi connectivity index (χ0v) is 12.1. The summed E-state index contributed by atoms with van der Waals surface area (Å²) in [6, 6.07) is 7.59. The molecule has 116 valence electrons. The molecule has 0 radical (unpaired) electrons. The number of amides is 1. The second kappa shape index (κ2) is 5.53. The smallest absolute Gasteiger partial charge is 0.337 e. The van der Waals surface area contributed by atoms with Gasteiger partial charge in [-0.05, 0) is 12.5 Å². The Kier molecular flexibility index (Phi) is 3.70. The molecule has 22 heavy (non-hydrogen) atoms. The van der Waals surface area contributed by atoms with Crippen LogP contribution in [-0.2, 0) is 25.7 Å². The standard InChI is InChI=1S/C16H17NO5/c1-9(18)13-11-7-12(19)14(17(11)15(13)20)16(21)22-8-10-5-3-2-4-6-10/h2-6,9,11,13-14,18H,7-8H2,1H3. The van der Waals surface area contributed by atoms with Crippen LogP contribution in [0.1, 0.15) is 18.9 Å². The molecule has 2 heterocycles. The normalized spacial score (nSPS) is 28.1. The average Bonchev–Trinajstić information content (AvgIpc) is 2.78. The van der Waals surface area contributed by atoms with Crippen LogP contribution in [0.3, 0.4) is 0 Å². The van der Waals surface area contributed by atoms with E-state index >= 15 is 0 Å². The summed E-state index contributed by atoms with van der Waals surface area (Å²) >= 11 is 0. The highest BCUT2D eigenvalue weighted by molar-refractivity contribution is 6.11. The Labute approximate surface area is 127 Å². The van der Waals surface area contributed by atoms with E-state index in [0.717, 1.165) is 5.56 Å². The first-order valence-corrected chi connectivity index (χ1v) is 7.24. The van der Waals surface area contributed by atoms with Crippen molar-refractivity contribution < 1.29 is 24.2 Å². The molecule has 6 nitrogen and oxygen atoms in total. The quantitative estimate of drug-likeness (QED) is 0.491. The average molecular weight is 303 g/mol. The SMILES string of the molecule is CC(O)C1C(=O)N2C(C(=O)OCc3ccccc3)C(=O)CC12. The van der Waals surface area contributed by atoms with Gasteiger partial charge in [-0.3, -0.25) is 9.59 Å². The molecular formula is C16H17NO5. The first-order chi connectivity index (χ1) is 10.5. The number of carbonyl (C=O) groups excluding carboxylic acids is 3. The Morgan fingerprint density at radius 2 is 2.05 bits per heavy atom. The molecule has 0 aliphatic carbocycles. The van der Waals surface area contributed by atoms with Gasteiger partial charge in [0.25, 0.3) is 0 Å². The lowest BCUT2D eigenvalue weighted by Crippen LogP contribution is -2.64. The molecule has 2 saturated heterocycles. The van der Waals surface area contributed by atoms with Crippen molar-refractivity contribution in [1.29, 1.82) is 0 Å². The summed E-state index contributed by atoms with van der Waals surface area (Å²) < 4.78 is 5.16. The van der Waals surface area contributed by atoms with E-state index in [4.69, 9.17) is 4.74 Å². The van der Waals surface area contributed by atoms with Gasteiger partial charge in [-0.15, -0.1) is 0 Å². The number of aliphatic hydroxyl groups excluding tert-OH is 1. The van der Waals surface area contributed by atoms with E-state index in [0.29, 0.717) is 0 Å². The number of nitrogens with zero attached hydrogens (tertiary/aromatic N) is 1. The van der Waals surface area contributed by atoms with E-state index in [9.17, 15) is 19.5 Å². The number of ketones is 1. The molecule has 0 bridgehead atoms. The van der Waals surface area contributed by atoms with E-state index < -0.39 is 24.0 Å². The fourth-order valence-electron chi connectivity index (χ4n) is 3.19. The van der Waals surface area contributed by atoms with Crippen LogP contribution in [0.15, 0.2) is 30.3 Å². The van der Waals surface area contributed by atoms with Gasteiger partial charge in [0.05, 0.1) is 18.1 Å². The van der Waals surface area contributed by atoms with E-state index in [1.807, 2.05) is 30.3 Å². The maximum absolute atomic E-state index is 12.1. The van der Waals surface area contributed by atoms with Gasteiger partial charge in [0.2, 0.25) is 5.91 Å². The summed E-state index contributed by atoms with van der Waals surface area (Å²) in [4.78, 5) is 37.4. The molecule has 4 atom stereocenters. The third-order valence-electron chi connectivity index (χ3n) is 4.27. The number of β-lactam (4-membered cyclic amide) rings is 1. The first kappa shape index (κ1) is 14.7. The minimum Gasteiger partial charge on any atom is -0.459 e. The van der Waals surface area contributed by atoms with Crippen LogP contribution in [0.4, 0.5) is 0 Å². The molecule has 3 rings (SSSR count). The van der Waals surface area contributed by atoms with Crippen LogP contribution in [0.25, 0.3) is 0 Å². The van der Waals surface area contributed by atoms with Crippen molar-refractivity contribution >= 4 is 17.7 Å². The highest BCUT2D eigenvalue weighted by atomic mass is 16.5. The number of ether oxygens (including phenoxy) is 1. The van der Waals surface area contributed by atoms with Crippen molar-refractivity contribution in [2.75, 3.05) is 0 Å². The first-order valence-electron chi connectivity index (χ1n) is 7.24. The monoisotopic (exact) mass is 303 g/mol. The van der Waals surface area contributed by atoms with Crippen molar-refractivity contribution in [3.63, 3.8) is 0 Å². The molecule has 0 spiro atoms. The lowest BCUT2D eigenvalue weighted by Gasteiger charge is -2.45. The molecule has 2 aliphatic rings. The molecule has 0 aromatic heterocycles.